The lowest BCUT2D eigenvalue weighted by molar-refractivity contribution is 0.310. The second-order valence-corrected chi connectivity index (χ2v) is 4.12. The number of unbranched alkanes of at least 4 members (excludes halogenated alkanes) is 1. The van der Waals surface area contributed by atoms with Crippen LogP contribution in [0.15, 0.2) is 0 Å². The predicted molar refractivity (Wildman–Crippen MR) is 63.3 cm³/mol. The molecule has 0 aliphatic carbocycles. The molecule has 0 aromatic carbocycles. The number of nitrogens with zero attached hydrogens (tertiary/aromatic N) is 2. The van der Waals surface area contributed by atoms with E-state index in [0.717, 1.165) is 13.1 Å². The van der Waals surface area contributed by atoms with E-state index < -0.39 is 0 Å². The highest BCUT2D eigenvalue weighted by molar-refractivity contribution is 7.77. The third-order valence-electron chi connectivity index (χ3n) is 2.21. The van der Waals surface area contributed by atoms with Crippen molar-refractivity contribution >= 4 is 12.8 Å². The molecule has 0 saturated carbocycles. The zero-order chi connectivity index (χ0) is 10.1. The van der Waals surface area contributed by atoms with Crippen molar-refractivity contribution in [2.75, 3.05) is 33.2 Å². The maximum absolute atomic E-state index is 4.32. The van der Waals surface area contributed by atoms with E-state index in [0.29, 0.717) is 0 Å². The maximum Gasteiger partial charge on any atom is 0.00990 e. The molecule has 0 radical (unpaired) electrons. The van der Waals surface area contributed by atoms with Crippen molar-refractivity contribution in [3.8, 4) is 0 Å². The fourth-order valence-electron chi connectivity index (χ4n) is 1.22. The van der Waals surface area contributed by atoms with Crippen LogP contribution in [0.25, 0.3) is 0 Å². The third kappa shape index (κ3) is 8.60. The van der Waals surface area contributed by atoms with Gasteiger partial charge >= 0.3 is 0 Å². The summed E-state index contributed by atoms with van der Waals surface area (Å²) in [5.74, 6) is 0. The van der Waals surface area contributed by atoms with E-state index in [-0.39, 0.29) is 0 Å². The molecule has 0 fully saturated rings. The van der Waals surface area contributed by atoms with Crippen LogP contribution in [0.2, 0.25) is 0 Å². The minimum Gasteiger partial charge on any atom is -0.306 e. The number of hydrogen-bond donors (Lipinski definition) is 1. The zero-order valence-corrected chi connectivity index (χ0v) is 10.2. The lowest BCUT2D eigenvalue weighted by Gasteiger charge is -2.18. The van der Waals surface area contributed by atoms with Crippen LogP contribution in [0.3, 0.4) is 0 Å². The molecule has 0 atom stereocenters. The van der Waals surface area contributed by atoms with Crippen LogP contribution in [0, 0.1) is 0 Å². The molecule has 0 heterocycles. The Bertz CT molecular complexity index is 109. The van der Waals surface area contributed by atoms with Gasteiger partial charge in [-0.2, -0.15) is 0 Å². The van der Waals surface area contributed by atoms with Crippen LogP contribution >= 0.6 is 12.8 Å². The topological polar surface area (TPSA) is 6.48 Å². The minimum absolute atomic E-state index is 1.03. The maximum atomic E-state index is 4.32. The average Bonchev–Trinajstić information content (AvgIpc) is 2.14. The summed E-state index contributed by atoms with van der Waals surface area (Å²) in [6, 6.07) is 0. The Labute approximate surface area is 88.8 Å². The predicted octanol–water partition coefficient (Wildman–Crippen LogP) is 2.28. The van der Waals surface area contributed by atoms with Crippen LogP contribution in [0.5, 0.6) is 0 Å². The summed E-state index contributed by atoms with van der Waals surface area (Å²) in [7, 11) is 2.20. The van der Waals surface area contributed by atoms with Crippen LogP contribution in [0.4, 0.5) is 0 Å². The van der Waals surface area contributed by atoms with Crippen molar-refractivity contribution in [3.05, 3.63) is 0 Å². The van der Waals surface area contributed by atoms with E-state index in [9.17, 15) is 0 Å². The number of thiol groups is 1. The van der Waals surface area contributed by atoms with E-state index in [1.807, 2.05) is 0 Å². The molecule has 80 valence electrons. The van der Waals surface area contributed by atoms with Gasteiger partial charge in [0.1, 0.15) is 0 Å². The van der Waals surface area contributed by atoms with Gasteiger partial charge in [-0.15, -0.1) is 0 Å². The average molecular weight is 204 g/mol. The van der Waals surface area contributed by atoms with Gasteiger partial charge in [-0.05, 0) is 33.0 Å². The highest BCUT2D eigenvalue weighted by atomic mass is 32.1. The van der Waals surface area contributed by atoms with Gasteiger partial charge in [0, 0.05) is 13.1 Å². The largest absolute Gasteiger partial charge is 0.306 e. The quantitative estimate of drug-likeness (QED) is 0.606. The van der Waals surface area contributed by atoms with Gasteiger partial charge in [0.25, 0.3) is 0 Å². The summed E-state index contributed by atoms with van der Waals surface area (Å²) in [5, 5.41) is 0. The first-order valence-corrected chi connectivity index (χ1v) is 5.73. The Hall–Kier alpha value is 0.270. The molecule has 2 nitrogen and oxygen atoms in total. The number of hydrogen-bond acceptors (Lipinski definition) is 3. The lowest BCUT2D eigenvalue weighted by Crippen LogP contribution is -2.24. The second kappa shape index (κ2) is 8.85. The van der Waals surface area contributed by atoms with Gasteiger partial charge in [-0.3, -0.25) is 4.31 Å². The Kier molecular flexibility index (Phi) is 9.03. The number of rotatable bonds is 8. The molecule has 0 aromatic heterocycles. The summed E-state index contributed by atoms with van der Waals surface area (Å²) in [6.45, 7) is 8.91. The lowest BCUT2D eigenvalue weighted by atomic mass is 10.3. The van der Waals surface area contributed by atoms with Crippen LogP contribution in [-0.2, 0) is 0 Å². The molecule has 0 amide bonds. The highest BCUT2D eigenvalue weighted by Crippen LogP contribution is 1.97. The SMILES string of the molecule is CCCCN(C)CCCN(S)CC. The first-order chi connectivity index (χ1) is 6.20. The second-order valence-electron chi connectivity index (χ2n) is 3.56. The van der Waals surface area contributed by atoms with Gasteiger partial charge in [-0.25, -0.2) is 0 Å². The zero-order valence-electron chi connectivity index (χ0n) is 9.29. The van der Waals surface area contributed by atoms with Crippen LogP contribution < -0.4 is 0 Å². The first-order valence-electron chi connectivity index (χ1n) is 5.33. The van der Waals surface area contributed by atoms with Crippen molar-refractivity contribution in [1.29, 1.82) is 0 Å². The van der Waals surface area contributed by atoms with Crippen molar-refractivity contribution in [2.45, 2.75) is 33.1 Å². The Morgan fingerprint density at radius 2 is 1.62 bits per heavy atom. The smallest absolute Gasteiger partial charge is 0.00990 e. The fraction of sp³-hybridized carbons (Fsp3) is 1.00. The third-order valence-corrected chi connectivity index (χ3v) is 2.70. The van der Waals surface area contributed by atoms with Gasteiger partial charge in [-0.1, -0.05) is 33.1 Å². The molecule has 0 spiro atoms. The Balaban J connectivity index is 3.21. The van der Waals surface area contributed by atoms with Crippen LogP contribution in [0.1, 0.15) is 33.1 Å². The van der Waals surface area contributed by atoms with E-state index >= 15 is 0 Å². The molecule has 13 heavy (non-hydrogen) atoms. The molecular formula is C10H24N2S. The summed E-state index contributed by atoms with van der Waals surface area (Å²) in [6.07, 6.45) is 3.82. The summed E-state index contributed by atoms with van der Waals surface area (Å²) in [5.41, 5.74) is 0. The molecule has 0 bridgehead atoms. The molecule has 0 saturated heterocycles. The van der Waals surface area contributed by atoms with Gasteiger partial charge in [0.2, 0.25) is 0 Å². The molecule has 0 aromatic rings. The molecule has 0 unspecified atom stereocenters. The van der Waals surface area contributed by atoms with Crippen LogP contribution in [-0.4, -0.2) is 42.4 Å². The molecule has 0 N–H and O–H groups in total. The van der Waals surface area contributed by atoms with Crippen molar-refractivity contribution in [1.82, 2.24) is 9.21 Å². The highest BCUT2D eigenvalue weighted by Gasteiger charge is 1.99. The van der Waals surface area contributed by atoms with Crippen molar-refractivity contribution in [3.63, 3.8) is 0 Å². The molecule has 0 aliphatic rings. The molecule has 3 heteroatoms. The molecule has 0 rings (SSSR count). The van der Waals surface area contributed by atoms with E-state index in [1.54, 1.807) is 0 Å². The minimum atomic E-state index is 1.03. The monoisotopic (exact) mass is 204 g/mol. The summed E-state index contributed by atoms with van der Waals surface area (Å²) >= 11 is 4.32. The summed E-state index contributed by atoms with van der Waals surface area (Å²) in [4.78, 5) is 2.40. The standard InChI is InChI=1S/C10H24N2S/c1-4-6-8-11(3)9-7-10-12(13)5-2/h13H,4-10H2,1-3H3. The normalized spacial score (nSPS) is 11.5. The van der Waals surface area contributed by atoms with E-state index in [4.69, 9.17) is 0 Å². The Morgan fingerprint density at radius 1 is 1.00 bits per heavy atom. The fourth-order valence-corrected chi connectivity index (χ4v) is 1.36. The van der Waals surface area contributed by atoms with Gasteiger partial charge in [0.15, 0.2) is 0 Å². The van der Waals surface area contributed by atoms with Gasteiger partial charge < -0.3 is 4.90 Å². The van der Waals surface area contributed by atoms with E-state index in [1.165, 1.54) is 32.4 Å². The summed E-state index contributed by atoms with van der Waals surface area (Å²) < 4.78 is 2.06. The van der Waals surface area contributed by atoms with Crippen molar-refractivity contribution < 1.29 is 0 Å². The Morgan fingerprint density at radius 3 is 2.15 bits per heavy atom. The van der Waals surface area contributed by atoms with Crippen molar-refractivity contribution in [2.24, 2.45) is 0 Å². The first kappa shape index (κ1) is 13.3. The molecule has 0 aliphatic heterocycles. The van der Waals surface area contributed by atoms with E-state index in [2.05, 4.69) is 42.9 Å². The molecular weight excluding hydrogens is 180 g/mol. The van der Waals surface area contributed by atoms with Gasteiger partial charge in [0.05, 0.1) is 0 Å².